The van der Waals surface area contributed by atoms with Gasteiger partial charge in [-0.25, -0.2) is 0 Å². The van der Waals surface area contributed by atoms with Crippen LogP contribution < -0.4 is 0 Å². The number of carbonyl (C=O) groups is 3. The van der Waals surface area contributed by atoms with Crippen LogP contribution in [0.15, 0.2) is 170 Å². The molecule has 0 fully saturated rings. The van der Waals surface area contributed by atoms with Gasteiger partial charge in [-0.3, -0.25) is 14.4 Å². The smallest absolute Gasteiger partial charge is 0.306 e. The molecule has 1 unspecified atom stereocenters. The predicted molar refractivity (Wildman–Crippen MR) is 352 cm³/mol. The van der Waals surface area contributed by atoms with Crippen molar-refractivity contribution in [2.45, 2.75) is 271 Å². The van der Waals surface area contributed by atoms with Gasteiger partial charge in [0.15, 0.2) is 6.10 Å². The standard InChI is InChI=1S/C75H118O6/c1-4-7-10-13-15-17-19-21-23-25-27-29-31-33-35-37-39-41-43-45-47-49-51-53-55-57-59-62-65-68-74(77)80-71-72(70-79-73(76)67-64-61-12-9-6-3)81-75(78)69-66-63-60-58-56-54-52-50-48-46-44-42-40-38-36-34-32-30-28-26-24-22-20-18-16-14-11-8-5-2/h7-8,10-11,15-18,21-24,27-30,33-36,39,41,45,47,51,53,57,59,72H,4-6,9,12-14,19-20,25-26,31-32,37-38,40,42-44,46,48-50,52,54-56,58,60-71H2,1-3H3/b10-7-,11-8-,17-15-,18-16-,23-21-,24-22-,29-27-,30-28-,35-33-,36-34-,41-39-,47-45-,53-51-,59-57-. The molecule has 0 aliphatic carbocycles. The van der Waals surface area contributed by atoms with Crippen molar-refractivity contribution in [3.8, 4) is 0 Å². The molecule has 0 aromatic heterocycles. The molecule has 0 amide bonds. The Labute approximate surface area is 498 Å². The third-order valence-electron chi connectivity index (χ3n) is 13.2. The number of esters is 3. The Balaban J connectivity index is 4.17. The number of allylic oxidation sites excluding steroid dienone is 28. The van der Waals surface area contributed by atoms with Crippen molar-refractivity contribution in [2.24, 2.45) is 0 Å². The molecule has 1 atom stereocenters. The highest BCUT2D eigenvalue weighted by Gasteiger charge is 2.19. The first kappa shape index (κ1) is 75.8. The van der Waals surface area contributed by atoms with Crippen molar-refractivity contribution in [2.75, 3.05) is 13.2 Å². The van der Waals surface area contributed by atoms with E-state index in [0.29, 0.717) is 19.3 Å². The van der Waals surface area contributed by atoms with Crippen LogP contribution >= 0.6 is 0 Å². The maximum atomic E-state index is 12.8. The highest BCUT2D eigenvalue weighted by molar-refractivity contribution is 5.71. The van der Waals surface area contributed by atoms with Crippen molar-refractivity contribution in [1.29, 1.82) is 0 Å². The minimum atomic E-state index is -0.807. The molecule has 0 aliphatic rings. The van der Waals surface area contributed by atoms with Crippen LogP contribution in [0.3, 0.4) is 0 Å². The zero-order valence-corrected chi connectivity index (χ0v) is 52.0. The van der Waals surface area contributed by atoms with Crippen LogP contribution in [0.25, 0.3) is 0 Å². The van der Waals surface area contributed by atoms with Gasteiger partial charge >= 0.3 is 17.9 Å². The lowest BCUT2D eigenvalue weighted by molar-refractivity contribution is -0.167. The van der Waals surface area contributed by atoms with Crippen LogP contribution in [0.5, 0.6) is 0 Å². The summed E-state index contributed by atoms with van der Waals surface area (Å²) in [5.74, 6) is -0.985. The molecule has 0 N–H and O–H groups in total. The molecule has 6 nitrogen and oxygen atoms in total. The zero-order chi connectivity index (χ0) is 58.5. The summed E-state index contributed by atoms with van der Waals surface area (Å²) in [6, 6.07) is 0. The van der Waals surface area contributed by atoms with E-state index in [1.807, 2.05) is 0 Å². The van der Waals surface area contributed by atoms with Gasteiger partial charge in [-0.1, -0.05) is 287 Å². The van der Waals surface area contributed by atoms with E-state index >= 15 is 0 Å². The monoisotopic (exact) mass is 1110 g/mol. The average Bonchev–Trinajstić information content (AvgIpc) is 3.47. The van der Waals surface area contributed by atoms with Crippen molar-refractivity contribution in [3.05, 3.63) is 170 Å². The maximum Gasteiger partial charge on any atom is 0.306 e. The SMILES string of the molecule is CC/C=C\C/C=C\C/C=C\C/C=C\C/C=C\C/C=C\C/C=C\C/C=C\C/C=C\CCCC(=O)OCC(COC(=O)CCCCCCC)OC(=O)CCCCCCCCCCCCCCC/C=C\C/C=C\C/C=C\C/C=C\C/C=C\CC. The van der Waals surface area contributed by atoms with E-state index in [1.54, 1.807) is 0 Å². The molecule has 0 aromatic carbocycles. The second kappa shape index (κ2) is 67.3. The first-order valence-corrected chi connectivity index (χ1v) is 32.6. The number of hydrogen-bond donors (Lipinski definition) is 0. The quantitative estimate of drug-likeness (QED) is 0.0261. The summed E-state index contributed by atoms with van der Waals surface area (Å²) in [5.41, 5.74) is 0. The minimum Gasteiger partial charge on any atom is -0.462 e. The third-order valence-corrected chi connectivity index (χ3v) is 13.2. The average molecular weight is 1120 g/mol. The Hall–Kier alpha value is -5.23. The van der Waals surface area contributed by atoms with Crippen molar-refractivity contribution in [1.82, 2.24) is 0 Å². The van der Waals surface area contributed by atoms with Gasteiger partial charge < -0.3 is 14.2 Å². The molecule has 0 spiro atoms. The molecule has 0 aromatic rings. The zero-order valence-electron chi connectivity index (χ0n) is 52.0. The van der Waals surface area contributed by atoms with Crippen LogP contribution in [0.2, 0.25) is 0 Å². The molecule has 0 saturated carbocycles. The molecule has 0 bridgehead atoms. The van der Waals surface area contributed by atoms with Gasteiger partial charge in [0.05, 0.1) is 0 Å². The molecule has 0 radical (unpaired) electrons. The van der Waals surface area contributed by atoms with E-state index < -0.39 is 6.10 Å². The summed E-state index contributed by atoms with van der Waals surface area (Å²) in [6.07, 6.45) is 99.9. The minimum absolute atomic E-state index is 0.103. The first-order chi connectivity index (χ1) is 40.0. The lowest BCUT2D eigenvalue weighted by atomic mass is 10.0. The maximum absolute atomic E-state index is 12.8. The summed E-state index contributed by atoms with van der Waals surface area (Å²) in [6.45, 7) is 6.27. The van der Waals surface area contributed by atoms with Crippen LogP contribution in [-0.4, -0.2) is 37.2 Å². The van der Waals surface area contributed by atoms with Gasteiger partial charge in [-0.15, -0.1) is 0 Å². The summed E-state index contributed by atoms with van der Waals surface area (Å²) >= 11 is 0. The van der Waals surface area contributed by atoms with Gasteiger partial charge in [0.1, 0.15) is 13.2 Å². The normalized spacial score (nSPS) is 13.3. The van der Waals surface area contributed by atoms with E-state index in [2.05, 4.69) is 191 Å². The lowest BCUT2D eigenvalue weighted by Gasteiger charge is -2.18. The molecule has 81 heavy (non-hydrogen) atoms. The summed E-state index contributed by atoms with van der Waals surface area (Å²) in [7, 11) is 0. The molecule has 0 heterocycles. The molecular weight excluding hydrogens is 997 g/mol. The van der Waals surface area contributed by atoms with Crippen molar-refractivity contribution >= 4 is 17.9 Å². The Kier molecular flexibility index (Phi) is 62.9. The van der Waals surface area contributed by atoms with E-state index in [-0.39, 0.29) is 37.5 Å². The fourth-order valence-electron chi connectivity index (χ4n) is 8.41. The van der Waals surface area contributed by atoms with Gasteiger partial charge in [0.25, 0.3) is 0 Å². The summed E-state index contributed by atoms with van der Waals surface area (Å²) in [4.78, 5) is 37.9. The number of unbranched alkanes of at least 4 members (excludes halogenated alkanes) is 18. The van der Waals surface area contributed by atoms with Crippen molar-refractivity contribution in [3.63, 3.8) is 0 Å². The highest BCUT2D eigenvalue weighted by atomic mass is 16.6. The molecule has 6 heteroatoms. The first-order valence-electron chi connectivity index (χ1n) is 32.6. The summed E-state index contributed by atoms with van der Waals surface area (Å²) in [5, 5.41) is 0. The lowest BCUT2D eigenvalue weighted by Crippen LogP contribution is -2.30. The molecule has 0 rings (SSSR count). The topological polar surface area (TPSA) is 78.9 Å². The van der Waals surface area contributed by atoms with Crippen LogP contribution in [0.4, 0.5) is 0 Å². The van der Waals surface area contributed by atoms with E-state index in [0.717, 1.165) is 148 Å². The van der Waals surface area contributed by atoms with E-state index in [1.165, 1.54) is 70.6 Å². The Morgan fingerprint density at radius 1 is 0.259 bits per heavy atom. The second-order valence-corrected chi connectivity index (χ2v) is 20.9. The second-order valence-electron chi connectivity index (χ2n) is 20.9. The third kappa shape index (κ3) is 65.5. The predicted octanol–water partition coefficient (Wildman–Crippen LogP) is 22.7. The van der Waals surface area contributed by atoms with E-state index in [9.17, 15) is 14.4 Å². The largest absolute Gasteiger partial charge is 0.462 e. The molecule has 0 aliphatic heterocycles. The molecular formula is C75H118O6. The Bertz CT molecular complexity index is 1860. The Morgan fingerprint density at radius 2 is 0.494 bits per heavy atom. The van der Waals surface area contributed by atoms with Gasteiger partial charge in [0, 0.05) is 19.3 Å². The number of carbonyl (C=O) groups excluding carboxylic acids is 3. The van der Waals surface area contributed by atoms with Crippen LogP contribution in [0.1, 0.15) is 265 Å². The molecule has 454 valence electrons. The number of rotatable bonds is 57. The van der Waals surface area contributed by atoms with Gasteiger partial charge in [0.2, 0.25) is 0 Å². The van der Waals surface area contributed by atoms with Crippen LogP contribution in [0, 0.1) is 0 Å². The van der Waals surface area contributed by atoms with Crippen molar-refractivity contribution < 1.29 is 28.6 Å². The number of ether oxygens (including phenoxy) is 3. The van der Waals surface area contributed by atoms with Crippen LogP contribution in [-0.2, 0) is 28.6 Å². The molecule has 0 saturated heterocycles. The fourth-order valence-corrected chi connectivity index (χ4v) is 8.41. The number of hydrogen-bond acceptors (Lipinski definition) is 6. The highest BCUT2D eigenvalue weighted by Crippen LogP contribution is 2.15. The van der Waals surface area contributed by atoms with Gasteiger partial charge in [-0.05, 0) is 128 Å². The van der Waals surface area contributed by atoms with E-state index in [4.69, 9.17) is 14.2 Å². The summed E-state index contributed by atoms with van der Waals surface area (Å²) < 4.78 is 16.7. The fraction of sp³-hybridized carbons (Fsp3) is 0.587. The Morgan fingerprint density at radius 3 is 0.802 bits per heavy atom. The van der Waals surface area contributed by atoms with Gasteiger partial charge in [-0.2, -0.15) is 0 Å².